The lowest BCUT2D eigenvalue weighted by atomic mass is 9.89. The summed E-state index contributed by atoms with van der Waals surface area (Å²) in [6, 6.07) is 8.04. The SMILES string of the molecule is N#Cc1cccc2c(C34CNCCC3C4)coc12. The predicted octanol–water partition coefficient (Wildman–Crippen LogP) is 2.56. The van der Waals surface area contributed by atoms with E-state index in [4.69, 9.17) is 9.68 Å². The lowest BCUT2D eigenvalue weighted by Crippen LogP contribution is -2.34. The number of para-hydroxylation sites is 1. The van der Waals surface area contributed by atoms with Crippen molar-refractivity contribution in [3.05, 3.63) is 35.6 Å². The second kappa shape index (κ2) is 3.37. The van der Waals surface area contributed by atoms with Crippen LogP contribution in [0.5, 0.6) is 0 Å². The van der Waals surface area contributed by atoms with Gasteiger partial charge in [0, 0.05) is 22.9 Å². The van der Waals surface area contributed by atoms with Gasteiger partial charge in [-0.05, 0) is 31.4 Å². The van der Waals surface area contributed by atoms with Gasteiger partial charge in [-0.1, -0.05) is 12.1 Å². The van der Waals surface area contributed by atoms with Crippen LogP contribution in [0, 0.1) is 17.2 Å². The number of benzene rings is 1. The summed E-state index contributed by atoms with van der Waals surface area (Å²) in [5, 5.41) is 13.7. The van der Waals surface area contributed by atoms with Crippen molar-refractivity contribution in [2.75, 3.05) is 13.1 Å². The predicted molar refractivity (Wildman–Crippen MR) is 68.2 cm³/mol. The van der Waals surface area contributed by atoms with Crippen molar-refractivity contribution in [1.29, 1.82) is 5.26 Å². The molecule has 0 spiro atoms. The highest BCUT2D eigenvalue weighted by molar-refractivity contribution is 5.87. The van der Waals surface area contributed by atoms with Crippen molar-refractivity contribution >= 4 is 11.0 Å². The first-order valence-electron chi connectivity index (χ1n) is 6.47. The molecule has 1 aromatic carbocycles. The van der Waals surface area contributed by atoms with Gasteiger partial charge in [-0.2, -0.15) is 5.26 Å². The molecule has 2 unspecified atom stereocenters. The Labute approximate surface area is 105 Å². The highest BCUT2D eigenvalue weighted by atomic mass is 16.3. The Kier molecular flexibility index (Phi) is 1.90. The third-order valence-corrected chi connectivity index (χ3v) is 4.60. The van der Waals surface area contributed by atoms with Gasteiger partial charge >= 0.3 is 0 Å². The topological polar surface area (TPSA) is 49.0 Å². The summed E-state index contributed by atoms with van der Waals surface area (Å²) in [7, 11) is 0. The van der Waals surface area contributed by atoms with Crippen LogP contribution < -0.4 is 5.32 Å². The molecule has 1 aromatic heterocycles. The zero-order valence-electron chi connectivity index (χ0n) is 10.1. The van der Waals surface area contributed by atoms with Crippen molar-refractivity contribution in [3.63, 3.8) is 0 Å². The minimum absolute atomic E-state index is 0.275. The summed E-state index contributed by atoms with van der Waals surface area (Å²) >= 11 is 0. The van der Waals surface area contributed by atoms with E-state index < -0.39 is 0 Å². The maximum Gasteiger partial charge on any atom is 0.151 e. The molecule has 1 saturated heterocycles. The van der Waals surface area contributed by atoms with Crippen LogP contribution in [0.1, 0.15) is 24.0 Å². The summed E-state index contributed by atoms with van der Waals surface area (Å²) in [5.41, 5.74) is 2.96. The third kappa shape index (κ3) is 1.16. The van der Waals surface area contributed by atoms with Gasteiger partial charge in [0.1, 0.15) is 6.07 Å². The number of hydrogen-bond donors (Lipinski definition) is 1. The quantitative estimate of drug-likeness (QED) is 0.830. The Morgan fingerprint density at radius 1 is 1.44 bits per heavy atom. The van der Waals surface area contributed by atoms with E-state index in [0.717, 1.165) is 30.0 Å². The monoisotopic (exact) mass is 238 g/mol. The second-order valence-electron chi connectivity index (χ2n) is 5.47. The number of rotatable bonds is 1. The fourth-order valence-electron chi connectivity index (χ4n) is 3.52. The van der Waals surface area contributed by atoms with E-state index in [1.165, 1.54) is 18.4 Å². The first kappa shape index (κ1) is 10.2. The Morgan fingerprint density at radius 2 is 2.39 bits per heavy atom. The van der Waals surface area contributed by atoms with Gasteiger partial charge in [0.2, 0.25) is 0 Å². The molecule has 2 fully saturated rings. The minimum Gasteiger partial charge on any atom is -0.463 e. The molecule has 4 rings (SSSR count). The summed E-state index contributed by atoms with van der Waals surface area (Å²) in [5.74, 6) is 0.797. The lowest BCUT2D eigenvalue weighted by Gasteiger charge is -2.22. The van der Waals surface area contributed by atoms with Gasteiger partial charge in [-0.15, -0.1) is 0 Å². The first-order valence-corrected chi connectivity index (χ1v) is 6.47. The second-order valence-corrected chi connectivity index (χ2v) is 5.47. The highest BCUT2D eigenvalue weighted by Crippen LogP contribution is 2.58. The van der Waals surface area contributed by atoms with Crippen molar-refractivity contribution < 1.29 is 4.42 Å². The number of nitriles is 1. The van der Waals surface area contributed by atoms with E-state index in [9.17, 15) is 0 Å². The van der Waals surface area contributed by atoms with Gasteiger partial charge in [0.15, 0.2) is 5.58 Å². The van der Waals surface area contributed by atoms with Crippen LogP contribution in [0.3, 0.4) is 0 Å². The van der Waals surface area contributed by atoms with Crippen LogP contribution in [0.15, 0.2) is 28.9 Å². The van der Waals surface area contributed by atoms with Crippen LogP contribution in [0.4, 0.5) is 0 Å². The van der Waals surface area contributed by atoms with Gasteiger partial charge in [0.05, 0.1) is 11.8 Å². The van der Waals surface area contributed by atoms with Crippen molar-refractivity contribution in [2.24, 2.45) is 5.92 Å². The largest absolute Gasteiger partial charge is 0.463 e. The van der Waals surface area contributed by atoms with E-state index in [2.05, 4.69) is 17.5 Å². The molecule has 1 N–H and O–H groups in total. The molecule has 1 saturated carbocycles. The molecule has 2 aliphatic rings. The molecule has 0 radical (unpaired) electrons. The fourth-order valence-corrected chi connectivity index (χ4v) is 3.52. The van der Waals surface area contributed by atoms with E-state index in [1.54, 1.807) is 0 Å². The standard InChI is InChI=1S/C15H14N2O/c16-7-10-2-1-3-12-13(8-18-14(10)12)15-6-11(15)4-5-17-9-15/h1-3,8,11,17H,4-6,9H2. The Hall–Kier alpha value is -1.79. The zero-order valence-corrected chi connectivity index (χ0v) is 10.1. The molecule has 0 amide bonds. The molecule has 2 atom stereocenters. The summed E-state index contributed by atoms with van der Waals surface area (Å²) in [6.07, 6.45) is 4.38. The molecular formula is C15H14N2O. The van der Waals surface area contributed by atoms with Crippen LogP contribution in [0.25, 0.3) is 11.0 Å². The number of nitrogens with one attached hydrogen (secondary N) is 1. The minimum atomic E-state index is 0.275. The average molecular weight is 238 g/mol. The number of piperidine rings is 1. The normalized spacial score (nSPS) is 29.8. The van der Waals surface area contributed by atoms with Gasteiger partial charge in [-0.25, -0.2) is 0 Å². The molecule has 2 heterocycles. The van der Waals surface area contributed by atoms with Gasteiger partial charge in [-0.3, -0.25) is 0 Å². The molecular weight excluding hydrogens is 224 g/mol. The summed E-state index contributed by atoms with van der Waals surface area (Å²) < 4.78 is 5.67. The molecule has 1 aliphatic heterocycles. The molecule has 0 bridgehead atoms. The number of nitrogens with zero attached hydrogens (tertiary/aromatic N) is 1. The van der Waals surface area contributed by atoms with Crippen LogP contribution in [0.2, 0.25) is 0 Å². The summed E-state index contributed by atoms with van der Waals surface area (Å²) in [4.78, 5) is 0. The Balaban J connectivity index is 1.90. The molecule has 90 valence electrons. The summed E-state index contributed by atoms with van der Waals surface area (Å²) in [6.45, 7) is 2.18. The van der Waals surface area contributed by atoms with Crippen molar-refractivity contribution in [2.45, 2.75) is 18.3 Å². The molecule has 3 heteroatoms. The highest BCUT2D eigenvalue weighted by Gasteiger charge is 2.57. The molecule has 1 aliphatic carbocycles. The third-order valence-electron chi connectivity index (χ3n) is 4.60. The Bertz CT molecular complexity index is 667. The van der Waals surface area contributed by atoms with Gasteiger partial charge < -0.3 is 9.73 Å². The van der Waals surface area contributed by atoms with E-state index in [1.807, 2.05) is 18.4 Å². The van der Waals surface area contributed by atoms with E-state index >= 15 is 0 Å². The van der Waals surface area contributed by atoms with Crippen LogP contribution in [-0.2, 0) is 5.41 Å². The number of furan rings is 1. The Morgan fingerprint density at radius 3 is 3.22 bits per heavy atom. The first-order chi connectivity index (χ1) is 8.85. The average Bonchev–Trinajstić information content (AvgIpc) is 3.00. The van der Waals surface area contributed by atoms with Crippen molar-refractivity contribution in [1.82, 2.24) is 5.32 Å². The zero-order chi connectivity index (χ0) is 12.2. The maximum absolute atomic E-state index is 9.11. The van der Waals surface area contributed by atoms with Gasteiger partial charge in [0.25, 0.3) is 0 Å². The molecule has 2 aromatic rings. The maximum atomic E-state index is 9.11. The van der Waals surface area contributed by atoms with Crippen molar-refractivity contribution in [3.8, 4) is 6.07 Å². The fraction of sp³-hybridized carbons (Fsp3) is 0.400. The number of fused-ring (bicyclic) bond motifs is 2. The lowest BCUT2D eigenvalue weighted by molar-refractivity contribution is 0.444. The van der Waals surface area contributed by atoms with Crippen LogP contribution >= 0.6 is 0 Å². The number of hydrogen-bond acceptors (Lipinski definition) is 3. The van der Waals surface area contributed by atoms with Crippen LogP contribution in [-0.4, -0.2) is 13.1 Å². The van der Waals surface area contributed by atoms with E-state index in [0.29, 0.717) is 5.56 Å². The van der Waals surface area contributed by atoms with E-state index in [-0.39, 0.29) is 5.41 Å². The molecule has 18 heavy (non-hydrogen) atoms. The smallest absolute Gasteiger partial charge is 0.151 e. The molecule has 3 nitrogen and oxygen atoms in total.